The lowest BCUT2D eigenvalue weighted by Crippen LogP contribution is -2.27. The van der Waals surface area contributed by atoms with Gasteiger partial charge in [0.25, 0.3) is 0 Å². The largest absolute Gasteiger partial charge is 0.310 e. The van der Waals surface area contributed by atoms with Crippen molar-refractivity contribution >= 4 is 11.6 Å². The van der Waals surface area contributed by atoms with Crippen LogP contribution >= 0.6 is 11.6 Å². The first-order valence-corrected chi connectivity index (χ1v) is 6.81. The van der Waals surface area contributed by atoms with Crippen LogP contribution in [0.4, 0.5) is 4.39 Å². The summed E-state index contributed by atoms with van der Waals surface area (Å²) < 4.78 is 13.0. The fraction of sp³-hybridized carbons (Fsp3) is 0.571. The van der Waals surface area contributed by atoms with Gasteiger partial charge in [0.1, 0.15) is 5.82 Å². The van der Waals surface area contributed by atoms with E-state index in [-0.39, 0.29) is 10.8 Å². The lowest BCUT2D eigenvalue weighted by atomic mass is 10.1. The predicted octanol–water partition coefficient (Wildman–Crippen LogP) is 4.29. The maximum atomic E-state index is 13.0. The summed E-state index contributed by atoms with van der Waals surface area (Å²) in [7, 11) is 0. The van der Waals surface area contributed by atoms with Gasteiger partial charge in [-0.15, -0.1) is 0 Å². The van der Waals surface area contributed by atoms with Crippen molar-refractivity contribution in [1.29, 1.82) is 0 Å². The zero-order chi connectivity index (χ0) is 12.1. The Labute approximate surface area is 107 Å². The van der Waals surface area contributed by atoms with Crippen LogP contribution in [-0.2, 0) is 6.54 Å². The van der Waals surface area contributed by atoms with Gasteiger partial charge in [-0.1, -0.05) is 43.4 Å². The number of benzene rings is 1. The van der Waals surface area contributed by atoms with Crippen LogP contribution in [0.15, 0.2) is 18.2 Å². The van der Waals surface area contributed by atoms with E-state index in [1.807, 2.05) is 0 Å². The van der Waals surface area contributed by atoms with Gasteiger partial charge in [-0.25, -0.2) is 4.39 Å². The second-order valence-corrected chi connectivity index (χ2v) is 5.23. The highest BCUT2D eigenvalue weighted by atomic mass is 35.5. The molecule has 1 N–H and O–H groups in total. The van der Waals surface area contributed by atoms with Gasteiger partial charge in [0, 0.05) is 12.6 Å². The summed E-state index contributed by atoms with van der Waals surface area (Å²) in [5.41, 5.74) is 1.06. The van der Waals surface area contributed by atoms with Crippen molar-refractivity contribution in [3.05, 3.63) is 34.6 Å². The van der Waals surface area contributed by atoms with Crippen LogP contribution in [0, 0.1) is 5.82 Å². The number of rotatable bonds is 3. The first-order valence-electron chi connectivity index (χ1n) is 6.43. The molecule has 0 unspecified atom stereocenters. The summed E-state index contributed by atoms with van der Waals surface area (Å²) in [4.78, 5) is 0. The van der Waals surface area contributed by atoms with Crippen molar-refractivity contribution in [1.82, 2.24) is 5.32 Å². The van der Waals surface area contributed by atoms with Crippen molar-refractivity contribution in [3.63, 3.8) is 0 Å². The summed E-state index contributed by atoms with van der Waals surface area (Å²) in [5.74, 6) is -0.343. The monoisotopic (exact) mass is 255 g/mol. The Balaban J connectivity index is 1.85. The normalized spacial score (nSPS) is 18.0. The maximum absolute atomic E-state index is 13.0. The zero-order valence-electron chi connectivity index (χ0n) is 10.0. The molecule has 0 aliphatic heterocycles. The van der Waals surface area contributed by atoms with Crippen LogP contribution in [0.1, 0.15) is 44.1 Å². The van der Waals surface area contributed by atoms with E-state index in [4.69, 9.17) is 11.6 Å². The van der Waals surface area contributed by atoms with Crippen LogP contribution in [0.3, 0.4) is 0 Å². The fourth-order valence-corrected chi connectivity index (χ4v) is 2.60. The molecular formula is C14H19ClFN. The summed E-state index contributed by atoms with van der Waals surface area (Å²) >= 11 is 5.76. The predicted molar refractivity (Wildman–Crippen MR) is 69.7 cm³/mol. The van der Waals surface area contributed by atoms with Crippen molar-refractivity contribution in [2.45, 2.75) is 51.1 Å². The quantitative estimate of drug-likeness (QED) is 0.795. The molecule has 1 aliphatic carbocycles. The van der Waals surface area contributed by atoms with Gasteiger partial charge in [0.05, 0.1) is 5.02 Å². The smallest absolute Gasteiger partial charge is 0.141 e. The van der Waals surface area contributed by atoms with Gasteiger partial charge >= 0.3 is 0 Å². The number of hydrogen-bond acceptors (Lipinski definition) is 1. The SMILES string of the molecule is Fc1ccc(CNC2CCCCCC2)cc1Cl. The molecule has 1 fully saturated rings. The van der Waals surface area contributed by atoms with E-state index in [0.717, 1.165) is 12.1 Å². The molecule has 2 rings (SSSR count). The molecule has 0 saturated heterocycles. The summed E-state index contributed by atoms with van der Waals surface area (Å²) in [6.45, 7) is 0.782. The summed E-state index contributed by atoms with van der Waals surface area (Å²) in [6.07, 6.45) is 7.88. The molecule has 1 saturated carbocycles. The average Bonchev–Trinajstić information content (AvgIpc) is 2.59. The van der Waals surface area contributed by atoms with Gasteiger partial charge in [0.2, 0.25) is 0 Å². The van der Waals surface area contributed by atoms with Gasteiger partial charge < -0.3 is 5.32 Å². The molecule has 1 nitrogen and oxygen atoms in total. The Morgan fingerprint density at radius 1 is 1.18 bits per heavy atom. The highest BCUT2D eigenvalue weighted by Crippen LogP contribution is 2.19. The first-order chi connectivity index (χ1) is 8.25. The molecule has 17 heavy (non-hydrogen) atoms. The van der Waals surface area contributed by atoms with E-state index in [1.165, 1.54) is 44.6 Å². The average molecular weight is 256 g/mol. The molecule has 0 atom stereocenters. The second-order valence-electron chi connectivity index (χ2n) is 4.82. The number of halogens is 2. The molecule has 0 amide bonds. The van der Waals surface area contributed by atoms with Crippen molar-refractivity contribution in [2.24, 2.45) is 0 Å². The molecule has 3 heteroatoms. The van der Waals surface area contributed by atoms with Crippen molar-refractivity contribution in [2.75, 3.05) is 0 Å². The zero-order valence-corrected chi connectivity index (χ0v) is 10.8. The van der Waals surface area contributed by atoms with Crippen LogP contribution in [0.2, 0.25) is 5.02 Å². The molecule has 0 heterocycles. The van der Waals surface area contributed by atoms with Gasteiger partial charge in [-0.2, -0.15) is 0 Å². The Morgan fingerprint density at radius 2 is 1.88 bits per heavy atom. The van der Waals surface area contributed by atoms with Crippen LogP contribution in [0.5, 0.6) is 0 Å². The molecule has 1 aromatic carbocycles. The van der Waals surface area contributed by atoms with Crippen molar-refractivity contribution < 1.29 is 4.39 Å². The molecule has 94 valence electrons. The van der Waals surface area contributed by atoms with E-state index < -0.39 is 0 Å². The summed E-state index contributed by atoms with van der Waals surface area (Å²) in [6, 6.07) is 5.55. The standard InChI is InChI=1S/C14H19ClFN/c15-13-9-11(7-8-14(13)16)10-17-12-5-3-1-2-4-6-12/h7-9,12,17H,1-6,10H2. The summed E-state index contributed by atoms with van der Waals surface area (Å²) in [5, 5.41) is 3.76. The molecular weight excluding hydrogens is 237 g/mol. The minimum absolute atomic E-state index is 0.213. The van der Waals surface area contributed by atoms with E-state index in [9.17, 15) is 4.39 Å². The van der Waals surface area contributed by atoms with E-state index >= 15 is 0 Å². The maximum Gasteiger partial charge on any atom is 0.141 e. The Hall–Kier alpha value is -0.600. The lowest BCUT2D eigenvalue weighted by Gasteiger charge is -2.16. The van der Waals surface area contributed by atoms with E-state index in [0.29, 0.717) is 6.04 Å². The van der Waals surface area contributed by atoms with Gasteiger partial charge in [-0.3, -0.25) is 0 Å². The minimum Gasteiger partial charge on any atom is -0.310 e. The van der Waals surface area contributed by atoms with Gasteiger partial charge in [-0.05, 0) is 30.5 Å². The lowest BCUT2D eigenvalue weighted by molar-refractivity contribution is 0.459. The molecule has 0 radical (unpaired) electrons. The van der Waals surface area contributed by atoms with E-state index in [2.05, 4.69) is 5.32 Å². The highest BCUT2D eigenvalue weighted by Gasteiger charge is 2.11. The van der Waals surface area contributed by atoms with Crippen molar-refractivity contribution in [3.8, 4) is 0 Å². The second kappa shape index (κ2) is 6.36. The minimum atomic E-state index is -0.343. The third-order valence-electron chi connectivity index (χ3n) is 3.43. The Kier molecular flexibility index (Phi) is 4.81. The number of hydrogen-bond donors (Lipinski definition) is 1. The highest BCUT2D eigenvalue weighted by molar-refractivity contribution is 6.30. The molecule has 0 bridgehead atoms. The Morgan fingerprint density at radius 3 is 2.53 bits per heavy atom. The molecule has 0 spiro atoms. The molecule has 0 aromatic heterocycles. The topological polar surface area (TPSA) is 12.0 Å². The Bertz CT molecular complexity index is 359. The van der Waals surface area contributed by atoms with Crippen LogP contribution < -0.4 is 5.32 Å². The molecule has 1 aliphatic rings. The van der Waals surface area contributed by atoms with Gasteiger partial charge in [0.15, 0.2) is 0 Å². The third kappa shape index (κ3) is 3.97. The van der Waals surface area contributed by atoms with Crippen LogP contribution in [0.25, 0.3) is 0 Å². The number of nitrogens with one attached hydrogen (secondary N) is 1. The first kappa shape index (κ1) is 12.8. The van der Waals surface area contributed by atoms with E-state index in [1.54, 1.807) is 12.1 Å². The van der Waals surface area contributed by atoms with Crippen LogP contribution in [-0.4, -0.2) is 6.04 Å². The molecule has 1 aromatic rings. The fourth-order valence-electron chi connectivity index (χ4n) is 2.40. The third-order valence-corrected chi connectivity index (χ3v) is 3.72.